The van der Waals surface area contributed by atoms with E-state index in [2.05, 4.69) is 41.8 Å². The molecule has 28 heavy (non-hydrogen) atoms. The first-order chi connectivity index (χ1) is 13.1. The van der Waals surface area contributed by atoms with Crippen LogP contribution in [0, 0.1) is 0 Å². The molecule has 2 aromatic rings. The van der Waals surface area contributed by atoms with Gasteiger partial charge in [-0.3, -0.25) is 9.59 Å². The lowest BCUT2D eigenvalue weighted by Gasteiger charge is -2.36. The Hall–Kier alpha value is -2.37. The molecule has 1 saturated heterocycles. The zero-order valence-corrected chi connectivity index (χ0v) is 17.2. The van der Waals surface area contributed by atoms with E-state index in [-0.39, 0.29) is 30.3 Å². The maximum absolute atomic E-state index is 13.1. The van der Waals surface area contributed by atoms with Crippen molar-refractivity contribution in [3.05, 3.63) is 70.8 Å². The van der Waals surface area contributed by atoms with Crippen molar-refractivity contribution in [1.82, 2.24) is 15.5 Å². The second kappa shape index (κ2) is 10.2. The van der Waals surface area contributed by atoms with Crippen molar-refractivity contribution in [2.24, 2.45) is 0 Å². The van der Waals surface area contributed by atoms with Crippen molar-refractivity contribution < 1.29 is 9.59 Å². The van der Waals surface area contributed by atoms with Crippen LogP contribution in [-0.4, -0.2) is 36.3 Å². The Morgan fingerprint density at radius 2 is 1.71 bits per heavy atom. The van der Waals surface area contributed by atoms with Crippen molar-refractivity contribution in [1.29, 1.82) is 0 Å². The zero-order chi connectivity index (χ0) is 19.2. The van der Waals surface area contributed by atoms with Gasteiger partial charge in [-0.25, -0.2) is 0 Å². The van der Waals surface area contributed by atoms with E-state index in [4.69, 9.17) is 0 Å². The van der Waals surface area contributed by atoms with E-state index in [1.54, 1.807) is 0 Å². The smallest absolute Gasteiger partial charge is 0.254 e. The molecule has 1 aliphatic rings. The molecule has 1 aliphatic heterocycles. The van der Waals surface area contributed by atoms with Crippen LogP contribution in [0.4, 0.5) is 0 Å². The molecule has 0 bridgehead atoms. The van der Waals surface area contributed by atoms with Gasteiger partial charge in [-0.05, 0) is 35.2 Å². The fraction of sp³-hybridized carbons (Fsp3) is 0.364. The Kier molecular flexibility index (Phi) is 8.03. The van der Waals surface area contributed by atoms with Gasteiger partial charge in [-0.15, -0.1) is 12.4 Å². The van der Waals surface area contributed by atoms with Crippen molar-refractivity contribution in [3.63, 3.8) is 0 Å². The van der Waals surface area contributed by atoms with Gasteiger partial charge in [0.05, 0.1) is 6.04 Å². The molecule has 0 spiro atoms. The predicted octanol–water partition coefficient (Wildman–Crippen LogP) is 3.09. The lowest BCUT2D eigenvalue weighted by molar-refractivity contribution is -0.119. The summed E-state index contributed by atoms with van der Waals surface area (Å²) in [5.74, 6) is -0.0138. The first-order valence-electron chi connectivity index (χ1n) is 9.52. The van der Waals surface area contributed by atoms with Crippen LogP contribution >= 0.6 is 12.4 Å². The molecule has 5 nitrogen and oxygen atoms in total. The number of hydrogen-bond donors (Lipinski definition) is 2. The number of piperazine rings is 1. The van der Waals surface area contributed by atoms with E-state index in [0.717, 1.165) is 30.6 Å². The molecule has 0 aliphatic carbocycles. The van der Waals surface area contributed by atoms with Crippen LogP contribution in [-0.2, 0) is 17.8 Å². The summed E-state index contributed by atoms with van der Waals surface area (Å²) < 4.78 is 0. The molecule has 2 aromatic carbocycles. The minimum absolute atomic E-state index is 0. The highest BCUT2D eigenvalue weighted by Crippen LogP contribution is 2.25. The Morgan fingerprint density at radius 1 is 1.07 bits per heavy atom. The minimum Gasteiger partial charge on any atom is -0.352 e. The number of benzene rings is 2. The summed E-state index contributed by atoms with van der Waals surface area (Å²) in [4.78, 5) is 26.1. The first-order valence-corrected chi connectivity index (χ1v) is 9.52. The van der Waals surface area contributed by atoms with Gasteiger partial charge in [0.15, 0.2) is 0 Å². The average molecular weight is 402 g/mol. The van der Waals surface area contributed by atoms with Crippen LogP contribution in [0.3, 0.4) is 0 Å². The number of nitrogens with zero attached hydrogens (tertiary/aromatic N) is 1. The molecule has 3 rings (SSSR count). The van der Waals surface area contributed by atoms with Gasteiger partial charge in [-0.1, -0.05) is 43.3 Å². The second-order valence-corrected chi connectivity index (χ2v) is 6.92. The topological polar surface area (TPSA) is 61.4 Å². The number of amides is 2. The Bertz CT molecular complexity index is 790. The summed E-state index contributed by atoms with van der Waals surface area (Å²) in [5.41, 5.74) is 4.12. The molecule has 2 amide bonds. The summed E-state index contributed by atoms with van der Waals surface area (Å²) in [6, 6.07) is 16.1. The lowest BCUT2D eigenvalue weighted by atomic mass is 9.99. The first kappa shape index (κ1) is 21.9. The highest BCUT2D eigenvalue weighted by Gasteiger charge is 2.28. The fourth-order valence-electron chi connectivity index (χ4n) is 3.38. The number of halogens is 1. The van der Waals surface area contributed by atoms with Crippen molar-refractivity contribution >= 4 is 24.2 Å². The van der Waals surface area contributed by atoms with Crippen LogP contribution in [0.15, 0.2) is 48.5 Å². The van der Waals surface area contributed by atoms with Gasteiger partial charge in [-0.2, -0.15) is 0 Å². The van der Waals surface area contributed by atoms with Crippen molar-refractivity contribution in [2.75, 3.05) is 19.6 Å². The molecular formula is C22H28ClN3O2. The maximum Gasteiger partial charge on any atom is 0.254 e. The number of nitrogens with one attached hydrogen (secondary N) is 2. The number of carbonyl (C=O) groups is 2. The molecule has 1 atom stereocenters. The summed E-state index contributed by atoms with van der Waals surface area (Å²) in [5, 5.41) is 6.17. The molecule has 1 unspecified atom stereocenters. The van der Waals surface area contributed by atoms with Crippen LogP contribution in [0.25, 0.3) is 0 Å². The van der Waals surface area contributed by atoms with Gasteiger partial charge in [0.25, 0.3) is 5.91 Å². The van der Waals surface area contributed by atoms with E-state index in [1.165, 1.54) is 12.5 Å². The number of hydrogen-bond acceptors (Lipinski definition) is 3. The van der Waals surface area contributed by atoms with Crippen LogP contribution in [0.2, 0.25) is 0 Å². The van der Waals surface area contributed by atoms with Gasteiger partial charge < -0.3 is 15.5 Å². The van der Waals surface area contributed by atoms with Crippen LogP contribution in [0.1, 0.15) is 46.9 Å². The van der Waals surface area contributed by atoms with Gasteiger partial charge in [0, 0.05) is 38.7 Å². The lowest BCUT2D eigenvalue weighted by Crippen LogP contribution is -2.48. The summed E-state index contributed by atoms with van der Waals surface area (Å²) in [7, 11) is 0. The van der Waals surface area contributed by atoms with Gasteiger partial charge >= 0.3 is 0 Å². The molecular weight excluding hydrogens is 374 g/mol. The average Bonchev–Trinajstić information content (AvgIpc) is 2.72. The summed E-state index contributed by atoms with van der Waals surface area (Å²) in [6.07, 6.45) is 1.01. The predicted molar refractivity (Wildman–Crippen MR) is 114 cm³/mol. The summed E-state index contributed by atoms with van der Waals surface area (Å²) in [6.45, 7) is 6.36. The quantitative estimate of drug-likeness (QED) is 0.809. The van der Waals surface area contributed by atoms with E-state index in [1.807, 2.05) is 29.2 Å². The Balaban J connectivity index is 0.00000280. The van der Waals surface area contributed by atoms with Crippen molar-refractivity contribution in [3.8, 4) is 0 Å². The minimum atomic E-state index is -0.0621. The number of carbonyl (C=O) groups excluding carboxylic acids is 2. The van der Waals surface area contributed by atoms with E-state index in [0.29, 0.717) is 18.7 Å². The van der Waals surface area contributed by atoms with Crippen LogP contribution < -0.4 is 10.6 Å². The van der Waals surface area contributed by atoms with E-state index in [9.17, 15) is 9.59 Å². The third-order valence-electron chi connectivity index (χ3n) is 5.02. The van der Waals surface area contributed by atoms with Gasteiger partial charge in [0.2, 0.25) is 5.91 Å². The third-order valence-corrected chi connectivity index (χ3v) is 5.02. The number of rotatable bonds is 5. The Labute approximate surface area is 172 Å². The SMILES string of the molecule is CCc1ccc(C2CNCCN2C(=O)c2ccc(CNC(C)=O)cc2)cc1.Cl. The molecule has 1 fully saturated rings. The molecule has 150 valence electrons. The third kappa shape index (κ3) is 5.33. The zero-order valence-electron chi connectivity index (χ0n) is 16.4. The highest BCUT2D eigenvalue weighted by atomic mass is 35.5. The largest absolute Gasteiger partial charge is 0.352 e. The maximum atomic E-state index is 13.1. The second-order valence-electron chi connectivity index (χ2n) is 6.92. The summed E-state index contributed by atoms with van der Waals surface area (Å²) >= 11 is 0. The standard InChI is InChI=1S/C22H27N3O2.ClH/c1-3-17-4-8-19(9-5-17)21-15-23-12-13-25(21)22(27)20-10-6-18(7-11-20)14-24-16(2)26;/h4-11,21,23H,3,12-15H2,1-2H3,(H,24,26);1H. The molecule has 0 aromatic heterocycles. The van der Waals surface area contributed by atoms with Crippen LogP contribution in [0.5, 0.6) is 0 Å². The van der Waals surface area contributed by atoms with Gasteiger partial charge in [0.1, 0.15) is 0 Å². The highest BCUT2D eigenvalue weighted by molar-refractivity contribution is 5.94. The normalized spacial score (nSPS) is 16.2. The molecule has 6 heteroatoms. The monoisotopic (exact) mass is 401 g/mol. The molecule has 1 heterocycles. The van der Waals surface area contributed by atoms with Crippen molar-refractivity contribution in [2.45, 2.75) is 32.9 Å². The van der Waals surface area contributed by atoms with E-state index >= 15 is 0 Å². The molecule has 0 radical (unpaired) electrons. The van der Waals surface area contributed by atoms with E-state index < -0.39 is 0 Å². The number of aryl methyl sites for hydroxylation is 1. The molecule has 0 saturated carbocycles. The fourth-order valence-corrected chi connectivity index (χ4v) is 3.38. The molecule has 2 N–H and O–H groups in total. The Morgan fingerprint density at radius 3 is 2.32 bits per heavy atom.